The number of anilines is 1. The molecule has 0 radical (unpaired) electrons. The molecule has 1 aromatic heterocycles. The van der Waals surface area contributed by atoms with E-state index in [4.69, 9.17) is 0 Å². The highest BCUT2D eigenvalue weighted by Crippen LogP contribution is 2.18. The van der Waals surface area contributed by atoms with Crippen LogP contribution in [-0.4, -0.2) is 27.0 Å². The minimum absolute atomic E-state index is 0.0680. The normalized spacial score (nSPS) is 14.5. The van der Waals surface area contributed by atoms with Crippen LogP contribution in [0.4, 0.5) is 5.69 Å². The second-order valence-electron chi connectivity index (χ2n) is 5.38. The van der Waals surface area contributed by atoms with Crippen molar-refractivity contribution in [1.29, 1.82) is 0 Å². The highest BCUT2D eigenvalue weighted by Gasteiger charge is 2.12. The van der Waals surface area contributed by atoms with E-state index in [1.54, 1.807) is 13.1 Å². The van der Waals surface area contributed by atoms with Crippen molar-refractivity contribution in [2.45, 2.75) is 52.8 Å². The minimum atomic E-state index is -0.379. The molecule has 108 valence electrons. The van der Waals surface area contributed by atoms with Gasteiger partial charge in [-0.25, -0.2) is 4.68 Å². The summed E-state index contributed by atoms with van der Waals surface area (Å²) in [4.78, 5) is 12.1. The first-order valence-electron chi connectivity index (χ1n) is 6.51. The molecule has 2 N–H and O–H groups in total. The molecule has 1 aromatic rings. The number of aromatic nitrogens is 2. The third-order valence-corrected chi connectivity index (χ3v) is 3.39. The van der Waals surface area contributed by atoms with Crippen LogP contribution in [0.2, 0.25) is 0 Å². The third-order valence-electron chi connectivity index (χ3n) is 2.62. The van der Waals surface area contributed by atoms with Crippen molar-refractivity contribution in [3.05, 3.63) is 21.0 Å². The lowest BCUT2D eigenvalue weighted by Crippen LogP contribution is -2.28. The van der Waals surface area contributed by atoms with E-state index in [1.165, 1.54) is 4.68 Å². The Bertz CT molecular complexity index is 471. The van der Waals surface area contributed by atoms with Crippen LogP contribution in [0, 0.1) is 5.92 Å². The first-order valence-corrected chi connectivity index (χ1v) is 7.30. The summed E-state index contributed by atoms with van der Waals surface area (Å²) in [7, 11) is 0. The summed E-state index contributed by atoms with van der Waals surface area (Å²) in [6, 6.07) is 0.0680. The highest BCUT2D eigenvalue weighted by atomic mass is 79.9. The molecule has 19 heavy (non-hydrogen) atoms. The van der Waals surface area contributed by atoms with Crippen LogP contribution in [-0.2, 0) is 6.54 Å². The fourth-order valence-corrected chi connectivity index (χ4v) is 2.30. The van der Waals surface area contributed by atoms with Gasteiger partial charge in [0.1, 0.15) is 4.47 Å². The zero-order valence-corrected chi connectivity index (χ0v) is 13.4. The number of nitrogens with zero attached hydrogens (tertiary/aromatic N) is 2. The summed E-state index contributed by atoms with van der Waals surface area (Å²) in [6.07, 6.45) is 1.88. The molecule has 0 fully saturated rings. The Balaban J connectivity index is 2.87. The number of hydrogen-bond acceptors (Lipinski definition) is 4. The van der Waals surface area contributed by atoms with Crippen LogP contribution in [0.3, 0.4) is 0 Å². The number of nitrogens with one attached hydrogen (secondary N) is 1. The second kappa shape index (κ2) is 7.05. The number of hydrogen-bond donors (Lipinski definition) is 2. The smallest absolute Gasteiger partial charge is 0.283 e. The van der Waals surface area contributed by atoms with Gasteiger partial charge in [-0.05, 0) is 42.1 Å². The molecule has 1 rings (SSSR count). The van der Waals surface area contributed by atoms with Crippen molar-refractivity contribution in [2.75, 3.05) is 5.32 Å². The standard InChI is InChI=1S/C13H22BrN3O2/c1-8(2)7-17-13(19)12(14)11(6-15-17)16-9(3)5-10(4)18/h6,8-10,16,18H,5,7H2,1-4H3. The monoisotopic (exact) mass is 331 g/mol. The Kier molecular flexibility index (Phi) is 6.00. The molecule has 0 aliphatic rings. The number of halogens is 1. The molecular formula is C13H22BrN3O2. The van der Waals surface area contributed by atoms with Gasteiger partial charge in [-0.2, -0.15) is 5.10 Å². The van der Waals surface area contributed by atoms with Gasteiger partial charge in [-0.15, -0.1) is 0 Å². The maximum Gasteiger partial charge on any atom is 0.283 e. The average molecular weight is 332 g/mol. The van der Waals surface area contributed by atoms with E-state index >= 15 is 0 Å². The van der Waals surface area contributed by atoms with Gasteiger partial charge in [0.2, 0.25) is 0 Å². The molecule has 0 aliphatic heterocycles. The van der Waals surface area contributed by atoms with Crippen molar-refractivity contribution in [3.8, 4) is 0 Å². The Morgan fingerprint density at radius 1 is 1.42 bits per heavy atom. The Morgan fingerprint density at radius 2 is 2.05 bits per heavy atom. The van der Waals surface area contributed by atoms with Crippen LogP contribution in [0.15, 0.2) is 15.5 Å². The predicted molar refractivity (Wildman–Crippen MR) is 80.4 cm³/mol. The van der Waals surface area contributed by atoms with Gasteiger partial charge < -0.3 is 10.4 Å². The first-order chi connectivity index (χ1) is 8.81. The molecule has 6 heteroatoms. The van der Waals surface area contributed by atoms with E-state index in [-0.39, 0.29) is 17.7 Å². The number of aliphatic hydroxyl groups excluding tert-OH is 1. The van der Waals surface area contributed by atoms with Gasteiger partial charge in [0.05, 0.1) is 18.0 Å². The molecule has 2 atom stereocenters. The van der Waals surface area contributed by atoms with Crippen LogP contribution >= 0.6 is 15.9 Å². The molecule has 0 amide bonds. The summed E-state index contributed by atoms with van der Waals surface area (Å²) in [5.74, 6) is 0.366. The van der Waals surface area contributed by atoms with Gasteiger partial charge >= 0.3 is 0 Å². The largest absolute Gasteiger partial charge is 0.393 e. The van der Waals surface area contributed by atoms with E-state index < -0.39 is 0 Å². The van der Waals surface area contributed by atoms with Crippen molar-refractivity contribution in [2.24, 2.45) is 5.92 Å². The van der Waals surface area contributed by atoms with E-state index in [2.05, 4.69) is 26.3 Å². The molecule has 0 saturated heterocycles. The summed E-state index contributed by atoms with van der Waals surface area (Å²) in [6.45, 7) is 8.38. The maximum atomic E-state index is 12.1. The van der Waals surface area contributed by atoms with Gasteiger partial charge in [-0.1, -0.05) is 13.8 Å². The molecule has 0 aliphatic carbocycles. The van der Waals surface area contributed by atoms with Gasteiger partial charge in [-0.3, -0.25) is 4.79 Å². The molecular weight excluding hydrogens is 310 g/mol. The van der Waals surface area contributed by atoms with Gasteiger partial charge in [0.25, 0.3) is 5.56 Å². The highest BCUT2D eigenvalue weighted by molar-refractivity contribution is 9.10. The van der Waals surface area contributed by atoms with Crippen LogP contribution in [0.1, 0.15) is 34.1 Å². The van der Waals surface area contributed by atoms with Crippen molar-refractivity contribution < 1.29 is 5.11 Å². The minimum Gasteiger partial charge on any atom is -0.393 e. The lowest BCUT2D eigenvalue weighted by atomic mass is 10.1. The molecule has 5 nitrogen and oxygen atoms in total. The fraction of sp³-hybridized carbons (Fsp3) is 0.692. The molecule has 0 bridgehead atoms. The van der Waals surface area contributed by atoms with Crippen LogP contribution < -0.4 is 10.9 Å². The summed E-state index contributed by atoms with van der Waals surface area (Å²) < 4.78 is 1.94. The van der Waals surface area contributed by atoms with E-state index in [0.29, 0.717) is 29.0 Å². The Hall–Kier alpha value is -0.880. The number of rotatable bonds is 6. The zero-order chi connectivity index (χ0) is 14.6. The summed E-state index contributed by atoms with van der Waals surface area (Å²) in [5.41, 5.74) is 0.529. The van der Waals surface area contributed by atoms with E-state index in [1.807, 2.05) is 20.8 Å². The molecule has 1 heterocycles. The van der Waals surface area contributed by atoms with E-state index in [0.717, 1.165) is 0 Å². The Labute approximate surface area is 122 Å². The lowest BCUT2D eigenvalue weighted by Gasteiger charge is -2.18. The van der Waals surface area contributed by atoms with Crippen molar-refractivity contribution in [1.82, 2.24) is 9.78 Å². The number of aliphatic hydroxyl groups is 1. The van der Waals surface area contributed by atoms with Crippen LogP contribution in [0.25, 0.3) is 0 Å². The summed E-state index contributed by atoms with van der Waals surface area (Å²) >= 11 is 3.32. The zero-order valence-electron chi connectivity index (χ0n) is 11.9. The molecule has 0 spiro atoms. The van der Waals surface area contributed by atoms with Crippen LogP contribution in [0.5, 0.6) is 0 Å². The molecule has 2 unspecified atom stereocenters. The summed E-state index contributed by atoms with van der Waals surface area (Å²) in [5, 5.41) is 16.7. The Morgan fingerprint density at radius 3 is 2.58 bits per heavy atom. The molecule has 0 saturated carbocycles. The second-order valence-corrected chi connectivity index (χ2v) is 6.18. The topological polar surface area (TPSA) is 67.2 Å². The SMILES string of the molecule is CC(C)Cn1ncc(NC(C)CC(C)O)c(Br)c1=O. The van der Waals surface area contributed by atoms with Crippen molar-refractivity contribution >= 4 is 21.6 Å². The van der Waals surface area contributed by atoms with Gasteiger partial charge in [0, 0.05) is 12.6 Å². The van der Waals surface area contributed by atoms with Gasteiger partial charge in [0.15, 0.2) is 0 Å². The lowest BCUT2D eigenvalue weighted by molar-refractivity contribution is 0.179. The fourth-order valence-electron chi connectivity index (χ4n) is 1.88. The average Bonchev–Trinajstić information content (AvgIpc) is 2.27. The quantitative estimate of drug-likeness (QED) is 0.838. The predicted octanol–water partition coefficient (Wildman–Crippen LogP) is 2.23. The van der Waals surface area contributed by atoms with E-state index in [9.17, 15) is 9.90 Å². The maximum absolute atomic E-state index is 12.1. The first kappa shape index (κ1) is 16.2. The molecule has 0 aromatic carbocycles. The van der Waals surface area contributed by atoms with Crippen molar-refractivity contribution in [3.63, 3.8) is 0 Å². The third kappa shape index (κ3) is 4.95.